The van der Waals surface area contributed by atoms with E-state index in [1.807, 2.05) is 78.6 Å². The summed E-state index contributed by atoms with van der Waals surface area (Å²) in [4.78, 5) is 41.6. The van der Waals surface area contributed by atoms with E-state index in [-0.39, 0.29) is 44.2 Å². The predicted molar refractivity (Wildman–Crippen MR) is 182 cm³/mol. The standard InChI is InChI=1S/C28H35N3O7S.C7H8O/c1-3-35-12-5-13-37-22-8-6-20(7-9-22)31-21(15-29-16-26(31)32)19-39-23-10-11-25-24(14-23)30(27(33)18-38-25)17-28(34)36-4-2;1-8-7-5-3-2-4-6-7/h6-11,14,21,29H,3-5,12-13,15-19H2,1-2H3;2-6H,1H3/t21-;/m1./s1. The van der Waals surface area contributed by atoms with Crippen LogP contribution in [0.4, 0.5) is 11.4 Å². The SMILES string of the molecule is CCOCCCOc1ccc(N2C(=O)CNC[C@@H]2CSc2ccc3c(c2)N(CC(=O)OCC)C(=O)CO3)cc1.COc1ccccc1. The topological polar surface area (TPSA) is 116 Å². The van der Waals surface area contributed by atoms with E-state index in [9.17, 15) is 14.4 Å². The van der Waals surface area contributed by atoms with Crippen molar-refractivity contribution in [2.75, 3.05) is 75.3 Å². The maximum absolute atomic E-state index is 12.9. The number of rotatable bonds is 14. The van der Waals surface area contributed by atoms with Gasteiger partial charge in [0, 0.05) is 42.5 Å². The highest BCUT2D eigenvalue weighted by atomic mass is 32.2. The van der Waals surface area contributed by atoms with E-state index in [4.69, 9.17) is 23.7 Å². The first kappa shape index (κ1) is 35.6. The fraction of sp³-hybridized carbons (Fsp3) is 0.400. The molecule has 0 spiro atoms. The lowest BCUT2D eigenvalue weighted by atomic mass is 10.1. The summed E-state index contributed by atoms with van der Waals surface area (Å²) in [5, 5.41) is 3.21. The van der Waals surface area contributed by atoms with Crippen molar-refractivity contribution in [3.8, 4) is 17.2 Å². The van der Waals surface area contributed by atoms with Crippen molar-refractivity contribution < 1.29 is 38.1 Å². The molecule has 0 unspecified atom stereocenters. The Morgan fingerprint density at radius 2 is 1.74 bits per heavy atom. The average Bonchev–Trinajstić information content (AvgIpc) is 3.09. The van der Waals surface area contributed by atoms with Gasteiger partial charge in [-0.1, -0.05) is 18.2 Å². The van der Waals surface area contributed by atoms with E-state index in [0.717, 1.165) is 28.5 Å². The summed E-state index contributed by atoms with van der Waals surface area (Å²) in [6.45, 7) is 6.50. The molecule has 2 amide bonds. The zero-order valence-corrected chi connectivity index (χ0v) is 28.0. The third-order valence-electron chi connectivity index (χ3n) is 7.20. The maximum atomic E-state index is 12.9. The van der Waals surface area contributed by atoms with Gasteiger partial charge in [-0.3, -0.25) is 19.3 Å². The van der Waals surface area contributed by atoms with Crippen LogP contribution in [0.15, 0.2) is 77.7 Å². The minimum atomic E-state index is -0.471. The molecule has 0 aliphatic carbocycles. The van der Waals surface area contributed by atoms with Crippen molar-refractivity contribution >= 4 is 40.9 Å². The Hall–Kier alpha value is -4.26. The van der Waals surface area contributed by atoms with E-state index in [2.05, 4.69) is 5.32 Å². The summed E-state index contributed by atoms with van der Waals surface area (Å²) >= 11 is 1.57. The number of carbonyl (C=O) groups is 3. The molecule has 1 atom stereocenters. The lowest BCUT2D eigenvalue weighted by Gasteiger charge is -2.36. The minimum absolute atomic E-state index is 0.00211. The summed E-state index contributed by atoms with van der Waals surface area (Å²) in [7, 11) is 1.66. The third-order valence-corrected chi connectivity index (χ3v) is 8.34. The number of hydrogen-bond donors (Lipinski definition) is 1. The van der Waals surface area contributed by atoms with Crippen LogP contribution in [-0.4, -0.2) is 89.4 Å². The third kappa shape index (κ3) is 10.6. The van der Waals surface area contributed by atoms with Crippen LogP contribution in [0.2, 0.25) is 0 Å². The molecule has 12 heteroatoms. The second-order valence-corrected chi connectivity index (χ2v) is 11.6. The molecule has 47 heavy (non-hydrogen) atoms. The molecule has 5 rings (SSSR count). The molecule has 2 heterocycles. The summed E-state index contributed by atoms with van der Waals surface area (Å²) < 4.78 is 26.6. The molecule has 2 aliphatic rings. The van der Waals surface area contributed by atoms with E-state index in [1.54, 1.807) is 31.9 Å². The van der Waals surface area contributed by atoms with Gasteiger partial charge >= 0.3 is 5.97 Å². The van der Waals surface area contributed by atoms with Crippen molar-refractivity contribution in [2.45, 2.75) is 31.2 Å². The van der Waals surface area contributed by atoms with Gasteiger partial charge in [0.05, 0.1) is 38.6 Å². The van der Waals surface area contributed by atoms with Gasteiger partial charge in [0.1, 0.15) is 23.8 Å². The highest BCUT2D eigenvalue weighted by Crippen LogP contribution is 2.36. The number of methoxy groups -OCH3 is 1. The van der Waals surface area contributed by atoms with Crippen molar-refractivity contribution in [3.63, 3.8) is 0 Å². The van der Waals surface area contributed by atoms with Crippen molar-refractivity contribution in [2.24, 2.45) is 0 Å². The van der Waals surface area contributed by atoms with Crippen molar-refractivity contribution in [1.29, 1.82) is 0 Å². The first-order valence-corrected chi connectivity index (χ1v) is 16.7. The van der Waals surface area contributed by atoms with Crippen molar-refractivity contribution in [1.82, 2.24) is 5.32 Å². The highest BCUT2D eigenvalue weighted by Gasteiger charge is 2.31. The van der Waals surface area contributed by atoms with Gasteiger partial charge in [-0.15, -0.1) is 11.8 Å². The number of hydrogen-bond acceptors (Lipinski definition) is 10. The fourth-order valence-electron chi connectivity index (χ4n) is 4.94. The number of thioether (sulfide) groups is 1. The van der Waals surface area contributed by atoms with Gasteiger partial charge in [-0.05, 0) is 68.4 Å². The second-order valence-electron chi connectivity index (χ2n) is 10.5. The minimum Gasteiger partial charge on any atom is -0.497 e. The van der Waals surface area contributed by atoms with Crippen LogP contribution in [0.5, 0.6) is 17.2 Å². The number of piperazine rings is 1. The molecular formula is C35H43N3O8S. The first-order valence-electron chi connectivity index (χ1n) is 15.7. The van der Waals surface area contributed by atoms with E-state index in [1.165, 1.54) is 4.90 Å². The molecule has 3 aromatic carbocycles. The quantitative estimate of drug-likeness (QED) is 0.149. The number of nitrogens with one attached hydrogen (secondary N) is 1. The number of amides is 2. The normalized spacial score (nSPS) is 15.6. The molecule has 0 radical (unpaired) electrons. The average molecular weight is 666 g/mol. The number of nitrogens with zero attached hydrogens (tertiary/aromatic N) is 2. The van der Waals surface area contributed by atoms with Crippen LogP contribution in [0.25, 0.3) is 0 Å². The number of para-hydroxylation sites is 1. The van der Waals surface area contributed by atoms with E-state index >= 15 is 0 Å². The zero-order chi connectivity index (χ0) is 33.4. The summed E-state index contributed by atoms with van der Waals surface area (Å²) in [5.41, 5.74) is 1.36. The van der Waals surface area contributed by atoms with Gasteiger partial charge in [-0.2, -0.15) is 0 Å². The molecule has 1 fully saturated rings. The monoisotopic (exact) mass is 665 g/mol. The highest BCUT2D eigenvalue weighted by molar-refractivity contribution is 7.99. The molecule has 1 saturated heterocycles. The van der Waals surface area contributed by atoms with E-state index < -0.39 is 5.97 Å². The molecule has 1 N–H and O–H groups in total. The fourth-order valence-corrected chi connectivity index (χ4v) is 5.95. The van der Waals surface area contributed by atoms with Gasteiger partial charge < -0.3 is 33.9 Å². The number of esters is 1. The number of anilines is 2. The Morgan fingerprint density at radius 1 is 0.957 bits per heavy atom. The van der Waals surface area contributed by atoms with Crippen molar-refractivity contribution in [3.05, 3.63) is 72.8 Å². The van der Waals surface area contributed by atoms with Crippen LogP contribution < -0.4 is 29.3 Å². The summed E-state index contributed by atoms with van der Waals surface area (Å²) in [6.07, 6.45) is 0.814. The van der Waals surface area contributed by atoms with Crippen LogP contribution in [-0.2, 0) is 23.9 Å². The number of ether oxygens (including phenoxy) is 5. The smallest absolute Gasteiger partial charge is 0.326 e. The Bertz CT molecular complexity index is 1440. The second kappa shape index (κ2) is 18.8. The van der Waals surface area contributed by atoms with Gasteiger partial charge in [0.25, 0.3) is 5.91 Å². The zero-order valence-electron chi connectivity index (χ0n) is 27.1. The van der Waals surface area contributed by atoms with Gasteiger partial charge in [0.15, 0.2) is 6.61 Å². The van der Waals surface area contributed by atoms with Crippen LogP contribution in [0.3, 0.4) is 0 Å². The number of fused-ring (bicyclic) bond motifs is 1. The van der Waals surface area contributed by atoms with Gasteiger partial charge in [0.2, 0.25) is 5.91 Å². The summed E-state index contributed by atoms with van der Waals surface area (Å²) in [5.74, 6) is 2.06. The lowest BCUT2D eigenvalue weighted by molar-refractivity contribution is -0.142. The Morgan fingerprint density at radius 3 is 2.45 bits per heavy atom. The molecule has 0 aromatic heterocycles. The number of carbonyl (C=O) groups excluding carboxylic acids is 3. The van der Waals surface area contributed by atoms with Crippen LogP contribution in [0.1, 0.15) is 20.3 Å². The molecule has 0 saturated carbocycles. The van der Waals surface area contributed by atoms with Crippen LogP contribution >= 0.6 is 11.8 Å². The lowest BCUT2D eigenvalue weighted by Crippen LogP contribution is -2.56. The molecule has 3 aromatic rings. The largest absolute Gasteiger partial charge is 0.497 e. The number of benzene rings is 3. The van der Waals surface area contributed by atoms with Crippen LogP contribution in [0, 0.1) is 0 Å². The Kier molecular flexibility index (Phi) is 14.2. The van der Waals surface area contributed by atoms with Gasteiger partial charge in [-0.25, -0.2) is 0 Å². The molecule has 11 nitrogen and oxygen atoms in total. The molecule has 252 valence electrons. The Balaban J connectivity index is 0.000000546. The maximum Gasteiger partial charge on any atom is 0.326 e. The first-order chi connectivity index (χ1) is 22.9. The molecular weight excluding hydrogens is 622 g/mol. The summed E-state index contributed by atoms with van der Waals surface area (Å²) in [6, 6.07) is 22.7. The molecule has 2 aliphatic heterocycles. The molecule has 0 bridgehead atoms. The predicted octanol–water partition coefficient (Wildman–Crippen LogP) is 4.57. The Labute approximate surface area is 280 Å². The van der Waals surface area contributed by atoms with E-state index in [0.29, 0.717) is 43.6 Å².